The standard InChI is InChI=1S/C13H21N3O5S.ClH/c1-4-13(5-2,9-14)15-22(19,20)10-6-7-12(21-3)11(8-10)16(17)18;/h6-8,15H,4-5,9,14H2,1-3H3;1H. The molecule has 0 spiro atoms. The Morgan fingerprint density at radius 2 is 1.91 bits per heavy atom. The summed E-state index contributed by atoms with van der Waals surface area (Å²) < 4.78 is 32.4. The zero-order valence-electron chi connectivity index (χ0n) is 13.2. The van der Waals surface area contributed by atoms with Gasteiger partial charge in [0.05, 0.1) is 16.9 Å². The molecule has 0 aromatic heterocycles. The summed E-state index contributed by atoms with van der Waals surface area (Å²) in [4.78, 5) is 10.1. The van der Waals surface area contributed by atoms with E-state index < -0.39 is 26.2 Å². The first-order chi connectivity index (χ1) is 10.2. The molecule has 0 saturated heterocycles. The molecule has 1 aromatic rings. The second-order valence-corrected chi connectivity index (χ2v) is 6.57. The molecule has 0 aliphatic carbocycles. The third-order valence-corrected chi connectivity index (χ3v) is 5.33. The monoisotopic (exact) mass is 367 g/mol. The van der Waals surface area contributed by atoms with Gasteiger partial charge in [-0.1, -0.05) is 13.8 Å². The summed E-state index contributed by atoms with van der Waals surface area (Å²) in [6, 6.07) is 3.50. The molecular formula is C13H22ClN3O5S. The summed E-state index contributed by atoms with van der Waals surface area (Å²) in [5, 5.41) is 11.0. The van der Waals surface area contributed by atoms with Gasteiger partial charge < -0.3 is 10.5 Å². The Morgan fingerprint density at radius 1 is 1.35 bits per heavy atom. The maximum atomic E-state index is 12.5. The van der Waals surface area contributed by atoms with Crippen molar-refractivity contribution in [2.24, 2.45) is 5.73 Å². The van der Waals surface area contributed by atoms with Gasteiger partial charge in [-0.15, -0.1) is 12.4 Å². The quantitative estimate of drug-likeness (QED) is 0.533. The van der Waals surface area contributed by atoms with Crippen LogP contribution in [0.15, 0.2) is 23.1 Å². The van der Waals surface area contributed by atoms with Crippen molar-refractivity contribution < 1.29 is 18.1 Å². The maximum absolute atomic E-state index is 12.5. The highest BCUT2D eigenvalue weighted by Gasteiger charge is 2.32. The maximum Gasteiger partial charge on any atom is 0.312 e. The topological polar surface area (TPSA) is 125 Å². The van der Waals surface area contributed by atoms with Crippen molar-refractivity contribution in [1.29, 1.82) is 0 Å². The fourth-order valence-corrected chi connectivity index (χ4v) is 3.62. The van der Waals surface area contributed by atoms with E-state index in [9.17, 15) is 18.5 Å². The lowest BCUT2D eigenvalue weighted by Gasteiger charge is -2.30. The third-order valence-electron chi connectivity index (χ3n) is 3.75. The van der Waals surface area contributed by atoms with Crippen molar-refractivity contribution in [2.45, 2.75) is 37.1 Å². The van der Waals surface area contributed by atoms with Crippen LogP contribution in [0.25, 0.3) is 0 Å². The minimum Gasteiger partial charge on any atom is -0.490 e. The lowest BCUT2D eigenvalue weighted by molar-refractivity contribution is -0.386. The molecule has 0 amide bonds. The summed E-state index contributed by atoms with van der Waals surface area (Å²) in [7, 11) is -2.65. The van der Waals surface area contributed by atoms with Crippen LogP contribution >= 0.6 is 12.4 Å². The molecule has 0 unspecified atom stereocenters. The van der Waals surface area contributed by atoms with Crippen LogP contribution in [0.5, 0.6) is 5.75 Å². The van der Waals surface area contributed by atoms with Crippen LogP contribution in [0.1, 0.15) is 26.7 Å². The molecule has 1 rings (SSSR count). The van der Waals surface area contributed by atoms with Gasteiger partial charge in [-0.05, 0) is 25.0 Å². The predicted molar refractivity (Wildman–Crippen MR) is 89.6 cm³/mol. The van der Waals surface area contributed by atoms with Gasteiger partial charge in [0.15, 0.2) is 5.75 Å². The SMILES string of the molecule is CCC(CC)(CN)NS(=O)(=O)c1ccc(OC)c([N+](=O)[O-])c1.Cl. The molecule has 0 heterocycles. The van der Waals surface area contributed by atoms with E-state index in [1.807, 2.05) is 13.8 Å². The van der Waals surface area contributed by atoms with Crippen LogP contribution in [0.2, 0.25) is 0 Å². The Morgan fingerprint density at radius 3 is 2.30 bits per heavy atom. The number of hydrogen-bond donors (Lipinski definition) is 2. The normalized spacial score (nSPS) is 11.7. The number of hydrogen-bond acceptors (Lipinski definition) is 6. The van der Waals surface area contributed by atoms with Crippen molar-refractivity contribution in [2.75, 3.05) is 13.7 Å². The van der Waals surface area contributed by atoms with Crippen LogP contribution in [0.3, 0.4) is 0 Å². The Bertz CT molecular complexity index is 639. The fraction of sp³-hybridized carbons (Fsp3) is 0.538. The minimum absolute atomic E-state index is 0. The predicted octanol–water partition coefficient (Wildman–Crippen LogP) is 1.82. The first kappa shape index (κ1) is 21.6. The molecule has 1 aromatic carbocycles. The molecule has 0 bridgehead atoms. The van der Waals surface area contributed by atoms with Gasteiger partial charge in [0.25, 0.3) is 0 Å². The second kappa shape index (κ2) is 8.44. The molecule has 0 aliphatic heterocycles. The molecule has 8 nitrogen and oxygen atoms in total. The van der Waals surface area contributed by atoms with Gasteiger partial charge in [-0.3, -0.25) is 10.1 Å². The largest absolute Gasteiger partial charge is 0.490 e. The molecule has 0 saturated carbocycles. The first-order valence-corrected chi connectivity index (χ1v) is 8.30. The van der Waals surface area contributed by atoms with Crippen molar-refractivity contribution >= 4 is 28.1 Å². The van der Waals surface area contributed by atoms with Crippen LogP contribution in [-0.4, -0.2) is 32.5 Å². The summed E-state index contributed by atoms with van der Waals surface area (Å²) in [5.41, 5.74) is 4.51. The lowest BCUT2D eigenvalue weighted by atomic mass is 9.95. The van der Waals surface area contributed by atoms with Crippen LogP contribution in [0.4, 0.5) is 5.69 Å². The molecule has 3 N–H and O–H groups in total. The average molecular weight is 368 g/mol. The van der Waals surface area contributed by atoms with E-state index >= 15 is 0 Å². The number of nitrogens with zero attached hydrogens (tertiary/aromatic N) is 1. The van der Waals surface area contributed by atoms with Crippen molar-refractivity contribution in [1.82, 2.24) is 4.72 Å². The molecular weight excluding hydrogens is 346 g/mol. The summed E-state index contributed by atoms with van der Waals surface area (Å²) >= 11 is 0. The molecule has 23 heavy (non-hydrogen) atoms. The number of rotatable bonds is 8. The number of nitro benzene ring substituents is 1. The van der Waals surface area contributed by atoms with Gasteiger partial charge in [0, 0.05) is 18.2 Å². The minimum atomic E-state index is -3.93. The second-order valence-electron chi connectivity index (χ2n) is 4.89. The van der Waals surface area contributed by atoms with Gasteiger partial charge in [-0.25, -0.2) is 13.1 Å². The Labute approximate surface area is 142 Å². The lowest BCUT2D eigenvalue weighted by Crippen LogP contribution is -2.52. The number of methoxy groups -OCH3 is 1. The number of benzene rings is 1. The number of nitrogens with one attached hydrogen (secondary N) is 1. The van der Waals surface area contributed by atoms with Crippen molar-refractivity contribution in [3.05, 3.63) is 28.3 Å². The summed E-state index contributed by atoms with van der Waals surface area (Å²) in [5.74, 6) is 0.0000196. The number of halogens is 1. The van der Waals surface area contributed by atoms with E-state index in [1.165, 1.54) is 19.2 Å². The van der Waals surface area contributed by atoms with Crippen LogP contribution in [0, 0.1) is 10.1 Å². The van der Waals surface area contributed by atoms with Crippen molar-refractivity contribution in [3.8, 4) is 5.75 Å². The molecule has 0 aliphatic rings. The Hall–Kier alpha value is -1.42. The van der Waals surface area contributed by atoms with Gasteiger partial charge in [-0.2, -0.15) is 0 Å². The highest BCUT2D eigenvalue weighted by Crippen LogP contribution is 2.30. The smallest absolute Gasteiger partial charge is 0.312 e. The zero-order valence-corrected chi connectivity index (χ0v) is 14.9. The molecule has 0 fully saturated rings. The number of sulfonamides is 1. The average Bonchev–Trinajstić information content (AvgIpc) is 2.52. The van der Waals surface area contributed by atoms with E-state index in [1.54, 1.807) is 0 Å². The third kappa shape index (κ3) is 4.77. The number of nitrogens with two attached hydrogens (primary N) is 1. The van der Waals surface area contributed by atoms with E-state index in [4.69, 9.17) is 10.5 Å². The van der Waals surface area contributed by atoms with Crippen molar-refractivity contribution in [3.63, 3.8) is 0 Å². The molecule has 132 valence electrons. The highest BCUT2D eigenvalue weighted by molar-refractivity contribution is 7.89. The molecule has 10 heteroatoms. The zero-order chi connectivity index (χ0) is 17.0. The number of ether oxygens (including phenoxy) is 1. The number of nitro groups is 1. The Kier molecular flexibility index (Phi) is 7.92. The highest BCUT2D eigenvalue weighted by atomic mass is 35.5. The first-order valence-electron chi connectivity index (χ1n) is 6.81. The van der Waals surface area contributed by atoms with Crippen LogP contribution in [-0.2, 0) is 10.0 Å². The van der Waals surface area contributed by atoms with Gasteiger partial charge in [0.2, 0.25) is 10.0 Å². The molecule has 0 atom stereocenters. The van der Waals surface area contributed by atoms with Crippen LogP contribution < -0.4 is 15.2 Å². The van der Waals surface area contributed by atoms with Gasteiger partial charge in [0.1, 0.15) is 0 Å². The van der Waals surface area contributed by atoms with E-state index in [0.29, 0.717) is 12.8 Å². The Balaban J connectivity index is 0.00000484. The fourth-order valence-electron chi connectivity index (χ4n) is 2.05. The van der Waals surface area contributed by atoms with Gasteiger partial charge >= 0.3 is 5.69 Å². The van der Waals surface area contributed by atoms with E-state index in [0.717, 1.165) is 6.07 Å². The summed E-state index contributed by atoms with van der Waals surface area (Å²) in [6.07, 6.45) is 1.02. The van der Waals surface area contributed by atoms with E-state index in [-0.39, 0.29) is 29.6 Å². The van der Waals surface area contributed by atoms with E-state index in [2.05, 4.69) is 4.72 Å². The molecule has 0 radical (unpaired) electrons. The summed E-state index contributed by atoms with van der Waals surface area (Å²) in [6.45, 7) is 3.79.